The van der Waals surface area contributed by atoms with Gasteiger partial charge in [-0.2, -0.15) is 0 Å². The fourth-order valence-corrected chi connectivity index (χ4v) is 7.65. The molecule has 204 valence electrons. The highest BCUT2D eigenvalue weighted by Gasteiger charge is 2.52. The van der Waals surface area contributed by atoms with Crippen molar-refractivity contribution in [1.82, 2.24) is 14.9 Å². The summed E-state index contributed by atoms with van der Waals surface area (Å²) in [5.74, 6) is 2.94. The smallest absolute Gasteiger partial charge is 0.303 e. The Hall–Kier alpha value is -1.99. The zero-order chi connectivity index (χ0) is 26.3. The topological polar surface area (TPSA) is 78.8 Å². The number of hydrogen-bond donors (Lipinski definition) is 1. The third-order valence-electron chi connectivity index (χ3n) is 9.76. The molecule has 2 aliphatic heterocycles. The predicted octanol–water partition coefficient (Wildman–Crippen LogP) is 4.44. The van der Waals surface area contributed by atoms with Gasteiger partial charge in [0.05, 0.1) is 11.3 Å². The first-order valence-electron chi connectivity index (χ1n) is 14.6. The Kier molecular flexibility index (Phi) is 7.65. The lowest BCUT2D eigenvalue weighted by atomic mass is 9.57. The second-order valence-electron chi connectivity index (χ2n) is 12.4. The van der Waals surface area contributed by atoms with E-state index in [9.17, 15) is 9.90 Å². The van der Waals surface area contributed by atoms with Crippen LogP contribution in [-0.2, 0) is 22.5 Å². The molecule has 1 unspecified atom stereocenters. The van der Waals surface area contributed by atoms with Crippen molar-refractivity contribution in [2.24, 2.45) is 23.7 Å². The van der Waals surface area contributed by atoms with Crippen molar-refractivity contribution in [2.45, 2.75) is 97.8 Å². The molecule has 7 heteroatoms. The van der Waals surface area contributed by atoms with Crippen molar-refractivity contribution >= 4 is 11.8 Å². The number of rotatable bonds is 5. The molecule has 37 heavy (non-hydrogen) atoms. The first-order chi connectivity index (χ1) is 17.7. The highest BCUT2D eigenvalue weighted by molar-refractivity contribution is 5.66. The van der Waals surface area contributed by atoms with Gasteiger partial charge in [-0.3, -0.25) is 9.69 Å². The van der Waals surface area contributed by atoms with E-state index >= 15 is 0 Å². The Bertz CT molecular complexity index is 1040. The quantitative estimate of drug-likeness (QED) is 0.463. The average Bonchev–Trinajstić information content (AvgIpc) is 2.85. The third kappa shape index (κ3) is 5.31. The number of esters is 1. The molecule has 2 fully saturated rings. The molecule has 1 aromatic heterocycles. The number of nitrogens with zero attached hydrogens (tertiary/aromatic N) is 4. The summed E-state index contributed by atoms with van der Waals surface area (Å²) >= 11 is 0. The number of anilines is 1. The van der Waals surface area contributed by atoms with Crippen LogP contribution in [0, 0.1) is 30.6 Å². The lowest BCUT2D eigenvalue weighted by Gasteiger charge is -2.53. The van der Waals surface area contributed by atoms with E-state index in [1.54, 1.807) is 0 Å². The van der Waals surface area contributed by atoms with E-state index in [-0.39, 0.29) is 23.9 Å². The van der Waals surface area contributed by atoms with Gasteiger partial charge in [0.15, 0.2) is 0 Å². The first-order valence-corrected chi connectivity index (χ1v) is 14.6. The van der Waals surface area contributed by atoms with Gasteiger partial charge in [0.1, 0.15) is 17.7 Å². The van der Waals surface area contributed by atoms with Crippen molar-refractivity contribution in [2.75, 3.05) is 31.1 Å². The van der Waals surface area contributed by atoms with Gasteiger partial charge in [-0.05, 0) is 75.7 Å². The normalized spacial score (nSPS) is 33.2. The van der Waals surface area contributed by atoms with E-state index in [4.69, 9.17) is 14.7 Å². The largest absolute Gasteiger partial charge is 0.458 e. The van der Waals surface area contributed by atoms with Crippen LogP contribution in [0.25, 0.3) is 0 Å². The van der Waals surface area contributed by atoms with Crippen molar-refractivity contribution in [3.8, 4) is 0 Å². The number of carbonyl (C=O) groups is 1. The molecular weight excluding hydrogens is 464 g/mol. The maximum absolute atomic E-state index is 11.9. The summed E-state index contributed by atoms with van der Waals surface area (Å²) in [5.41, 5.74) is 2.83. The van der Waals surface area contributed by atoms with Crippen LogP contribution in [0.15, 0.2) is 11.6 Å². The fourth-order valence-electron chi connectivity index (χ4n) is 7.65. The average molecular weight is 511 g/mol. The van der Waals surface area contributed by atoms with Gasteiger partial charge >= 0.3 is 5.97 Å². The van der Waals surface area contributed by atoms with Gasteiger partial charge in [-0.15, -0.1) is 0 Å². The van der Waals surface area contributed by atoms with Gasteiger partial charge in [-0.1, -0.05) is 19.9 Å². The second-order valence-corrected chi connectivity index (χ2v) is 12.4. The van der Waals surface area contributed by atoms with Gasteiger partial charge < -0.3 is 14.7 Å². The van der Waals surface area contributed by atoms with Crippen LogP contribution in [0.3, 0.4) is 0 Å². The highest BCUT2D eigenvalue weighted by Crippen LogP contribution is 2.51. The van der Waals surface area contributed by atoms with E-state index in [2.05, 4.69) is 36.6 Å². The fraction of sp³-hybridized carbons (Fsp3) is 0.767. The minimum atomic E-state index is -0.820. The van der Waals surface area contributed by atoms with Crippen molar-refractivity contribution in [3.63, 3.8) is 0 Å². The molecule has 4 aliphatic rings. The summed E-state index contributed by atoms with van der Waals surface area (Å²) in [6.45, 7) is 15.2. The van der Waals surface area contributed by atoms with E-state index < -0.39 is 5.60 Å². The molecule has 1 N–H and O–H groups in total. The molecule has 3 heterocycles. The molecule has 5 rings (SSSR count). The predicted molar refractivity (Wildman–Crippen MR) is 145 cm³/mol. The molecule has 1 saturated heterocycles. The maximum atomic E-state index is 11.9. The van der Waals surface area contributed by atoms with E-state index in [1.807, 2.05) is 6.92 Å². The molecule has 1 aromatic rings. The summed E-state index contributed by atoms with van der Waals surface area (Å²) in [7, 11) is 0. The van der Waals surface area contributed by atoms with Crippen molar-refractivity contribution < 1.29 is 14.6 Å². The number of aryl methyl sites for hydroxylation is 1. The molecule has 0 aromatic carbocycles. The van der Waals surface area contributed by atoms with Crippen molar-refractivity contribution in [1.29, 1.82) is 0 Å². The second kappa shape index (κ2) is 10.6. The SMILES string of the molecule is CC(=O)O[C@@H]1C[C@@]2(O)[C@H](C)CC[C@@H](C(C)CN3CCc4c(nc(C)nc4N4CCCCC4)C3)[C@H]2C=C1C. The maximum Gasteiger partial charge on any atom is 0.303 e. The first kappa shape index (κ1) is 26.6. The Morgan fingerprint density at radius 1 is 1.19 bits per heavy atom. The standard InChI is InChI=1S/C30H46N4O3/c1-19-15-26-24(10-9-21(3)30(26,36)16-28(19)37-23(5)35)20(2)17-33-14-11-25-27(18-33)31-22(4)32-29(25)34-12-7-6-8-13-34/h15,20-21,24,26,28,36H,6-14,16-18H2,1-5H3/t20?,21-,24+,26-,28-,30-/m1/s1. The monoisotopic (exact) mass is 510 g/mol. The van der Waals surface area contributed by atoms with Gasteiger partial charge in [0, 0.05) is 57.5 Å². The lowest BCUT2D eigenvalue weighted by molar-refractivity contribution is -0.159. The van der Waals surface area contributed by atoms with Gasteiger partial charge in [0.2, 0.25) is 0 Å². The molecule has 6 atom stereocenters. The lowest BCUT2D eigenvalue weighted by Crippen LogP contribution is -2.56. The van der Waals surface area contributed by atoms with E-state index in [0.29, 0.717) is 18.3 Å². The zero-order valence-electron chi connectivity index (χ0n) is 23.5. The van der Waals surface area contributed by atoms with Gasteiger partial charge in [0.25, 0.3) is 0 Å². The number of ether oxygens (including phenoxy) is 1. The molecule has 7 nitrogen and oxygen atoms in total. The Balaban J connectivity index is 1.31. The number of fused-ring (bicyclic) bond motifs is 2. The molecule has 2 aliphatic carbocycles. The highest BCUT2D eigenvalue weighted by atomic mass is 16.5. The minimum absolute atomic E-state index is 0.102. The molecule has 0 bridgehead atoms. The summed E-state index contributed by atoms with van der Waals surface area (Å²) in [6, 6.07) is 0. The van der Waals surface area contributed by atoms with Crippen LogP contribution in [0.1, 0.15) is 83.3 Å². The molecular formula is C30H46N4O3. The summed E-state index contributed by atoms with van der Waals surface area (Å²) in [4.78, 5) is 26.5. The summed E-state index contributed by atoms with van der Waals surface area (Å²) < 4.78 is 5.59. The summed E-state index contributed by atoms with van der Waals surface area (Å²) in [5, 5.41) is 11.9. The van der Waals surface area contributed by atoms with Crippen LogP contribution in [0.2, 0.25) is 0 Å². The van der Waals surface area contributed by atoms with Crippen LogP contribution in [0.4, 0.5) is 5.82 Å². The van der Waals surface area contributed by atoms with Crippen molar-refractivity contribution in [3.05, 3.63) is 28.7 Å². The number of piperidine rings is 1. The van der Waals surface area contributed by atoms with Gasteiger partial charge in [-0.25, -0.2) is 9.97 Å². The van der Waals surface area contributed by atoms with E-state index in [1.165, 1.54) is 43.3 Å². The van der Waals surface area contributed by atoms with Crippen LogP contribution in [-0.4, -0.2) is 63.8 Å². The molecule has 1 saturated carbocycles. The molecule has 0 spiro atoms. The number of aromatic nitrogens is 2. The third-order valence-corrected chi connectivity index (χ3v) is 9.76. The number of hydrogen-bond acceptors (Lipinski definition) is 7. The van der Waals surface area contributed by atoms with Crippen LogP contribution >= 0.6 is 0 Å². The van der Waals surface area contributed by atoms with E-state index in [0.717, 1.165) is 63.4 Å². The number of carbonyl (C=O) groups excluding carboxylic acids is 1. The Morgan fingerprint density at radius 2 is 1.95 bits per heavy atom. The van der Waals surface area contributed by atoms with Crippen LogP contribution < -0.4 is 4.90 Å². The number of aliphatic hydroxyl groups is 1. The van der Waals surface area contributed by atoms with Crippen LogP contribution in [0.5, 0.6) is 0 Å². The Labute approximate surface area is 222 Å². The minimum Gasteiger partial charge on any atom is -0.458 e. The molecule has 0 radical (unpaired) electrons. The summed E-state index contributed by atoms with van der Waals surface area (Å²) in [6.07, 6.45) is 9.41. The zero-order valence-corrected chi connectivity index (χ0v) is 23.5. The Morgan fingerprint density at radius 3 is 2.68 bits per heavy atom. The molecule has 0 amide bonds.